The Morgan fingerprint density at radius 3 is 2.58 bits per heavy atom. The number of esters is 1. The number of rotatable bonds is 2. The average Bonchev–Trinajstić information content (AvgIpc) is 2.63. The molecule has 2 aliphatic rings. The van der Waals surface area contributed by atoms with Gasteiger partial charge in [0.2, 0.25) is 0 Å². The van der Waals surface area contributed by atoms with Gasteiger partial charge in [-0.1, -0.05) is 0 Å². The van der Waals surface area contributed by atoms with E-state index < -0.39 is 12.6 Å². The van der Waals surface area contributed by atoms with Gasteiger partial charge in [0, 0.05) is 0 Å². The summed E-state index contributed by atoms with van der Waals surface area (Å²) >= 11 is 0. The van der Waals surface area contributed by atoms with Crippen molar-refractivity contribution in [1.29, 1.82) is 0 Å². The van der Waals surface area contributed by atoms with Gasteiger partial charge in [0.1, 0.15) is 12.2 Å². The lowest BCUT2D eigenvalue weighted by molar-refractivity contribution is -0.162. The van der Waals surface area contributed by atoms with Crippen molar-refractivity contribution in [2.45, 2.75) is 37.7 Å². The maximum atomic E-state index is 10.9. The first kappa shape index (κ1) is 8.05. The largest absolute Gasteiger partial charge is 0.457 e. The van der Waals surface area contributed by atoms with E-state index in [9.17, 15) is 4.79 Å². The second-order valence-electron chi connectivity index (χ2n) is 3.96. The van der Waals surface area contributed by atoms with E-state index >= 15 is 0 Å². The standard InChI is InChI=1S/C9H14O3/c10-6-8(11)12-9-3-1-7(5-9)2-4-9/h7,10H,1-6H2. The minimum absolute atomic E-state index is 0.176. The minimum atomic E-state index is -0.480. The Labute approximate surface area is 71.7 Å². The van der Waals surface area contributed by atoms with Gasteiger partial charge in [0.15, 0.2) is 0 Å². The Bertz CT molecular complexity index is 192. The zero-order valence-corrected chi connectivity index (χ0v) is 7.08. The lowest BCUT2D eigenvalue weighted by atomic mass is 9.97. The number of fused-ring (bicyclic) bond motifs is 2. The highest BCUT2D eigenvalue weighted by molar-refractivity contribution is 5.71. The smallest absolute Gasteiger partial charge is 0.332 e. The number of hydrogen-bond acceptors (Lipinski definition) is 3. The van der Waals surface area contributed by atoms with Crippen molar-refractivity contribution in [2.75, 3.05) is 6.61 Å². The fourth-order valence-electron chi connectivity index (χ4n) is 2.56. The molecular formula is C9H14O3. The average molecular weight is 170 g/mol. The van der Waals surface area contributed by atoms with E-state index in [1.807, 2.05) is 0 Å². The van der Waals surface area contributed by atoms with Crippen LogP contribution in [0.25, 0.3) is 0 Å². The number of carbonyl (C=O) groups is 1. The van der Waals surface area contributed by atoms with Gasteiger partial charge in [-0.15, -0.1) is 0 Å². The van der Waals surface area contributed by atoms with Crippen LogP contribution in [0.4, 0.5) is 0 Å². The fourth-order valence-corrected chi connectivity index (χ4v) is 2.56. The molecule has 2 saturated carbocycles. The molecule has 0 amide bonds. The van der Waals surface area contributed by atoms with Crippen LogP contribution in [0.15, 0.2) is 0 Å². The molecule has 0 radical (unpaired) electrons. The van der Waals surface area contributed by atoms with Crippen molar-refractivity contribution in [3.05, 3.63) is 0 Å². The third-order valence-corrected chi connectivity index (χ3v) is 3.14. The lowest BCUT2D eigenvalue weighted by Gasteiger charge is -2.26. The van der Waals surface area contributed by atoms with E-state index in [1.165, 1.54) is 12.8 Å². The highest BCUT2D eigenvalue weighted by Crippen LogP contribution is 2.49. The van der Waals surface area contributed by atoms with Gasteiger partial charge in [-0.3, -0.25) is 0 Å². The van der Waals surface area contributed by atoms with Crippen LogP contribution in [0.1, 0.15) is 32.1 Å². The van der Waals surface area contributed by atoms with Gasteiger partial charge in [-0.25, -0.2) is 4.79 Å². The molecule has 0 aliphatic heterocycles. The molecule has 12 heavy (non-hydrogen) atoms. The predicted octanol–water partition coefficient (Wildman–Crippen LogP) is 0.855. The first-order valence-corrected chi connectivity index (χ1v) is 4.57. The Morgan fingerprint density at radius 2 is 2.17 bits per heavy atom. The Kier molecular flexibility index (Phi) is 1.83. The summed E-state index contributed by atoms with van der Waals surface area (Å²) < 4.78 is 5.25. The summed E-state index contributed by atoms with van der Waals surface area (Å²) in [6.07, 6.45) is 5.42. The van der Waals surface area contributed by atoms with Crippen LogP contribution in [0.5, 0.6) is 0 Å². The van der Waals surface area contributed by atoms with Crippen LogP contribution < -0.4 is 0 Å². The Morgan fingerprint density at radius 1 is 1.50 bits per heavy atom. The van der Waals surface area contributed by atoms with E-state index in [0.717, 1.165) is 25.2 Å². The molecular weight excluding hydrogens is 156 g/mol. The first-order valence-electron chi connectivity index (χ1n) is 4.57. The molecule has 2 aliphatic carbocycles. The van der Waals surface area contributed by atoms with Crippen LogP contribution in [0, 0.1) is 5.92 Å². The molecule has 2 fully saturated rings. The number of aliphatic hydroxyl groups excluding tert-OH is 1. The van der Waals surface area contributed by atoms with E-state index in [4.69, 9.17) is 9.84 Å². The number of carbonyl (C=O) groups excluding carboxylic acids is 1. The zero-order chi connectivity index (χ0) is 8.60. The number of ether oxygens (including phenoxy) is 1. The monoisotopic (exact) mass is 170 g/mol. The maximum absolute atomic E-state index is 10.9. The normalized spacial score (nSPS) is 38.6. The van der Waals surface area contributed by atoms with Crippen molar-refractivity contribution in [3.63, 3.8) is 0 Å². The first-order chi connectivity index (χ1) is 5.74. The molecule has 0 spiro atoms. The molecule has 3 heteroatoms. The van der Waals surface area contributed by atoms with Gasteiger partial charge in [-0.2, -0.15) is 0 Å². The number of aliphatic hydroxyl groups is 1. The van der Waals surface area contributed by atoms with Gasteiger partial charge >= 0.3 is 5.97 Å². The molecule has 0 aromatic rings. The Hall–Kier alpha value is -0.570. The van der Waals surface area contributed by atoms with E-state index in [-0.39, 0.29) is 5.60 Å². The summed E-state index contributed by atoms with van der Waals surface area (Å²) in [5, 5.41) is 8.54. The molecule has 2 bridgehead atoms. The highest BCUT2D eigenvalue weighted by atomic mass is 16.6. The lowest BCUT2D eigenvalue weighted by Crippen LogP contribution is -2.31. The molecule has 1 N–H and O–H groups in total. The molecule has 0 aromatic carbocycles. The molecule has 0 atom stereocenters. The minimum Gasteiger partial charge on any atom is -0.457 e. The summed E-state index contributed by atoms with van der Waals surface area (Å²) in [7, 11) is 0. The van der Waals surface area contributed by atoms with Gasteiger partial charge < -0.3 is 9.84 Å². The predicted molar refractivity (Wildman–Crippen MR) is 42.5 cm³/mol. The van der Waals surface area contributed by atoms with E-state index in [2.05, 4.69) is 0 Å². The number of hydrogen-bond donors (Lipinski definition) is 1. The van der Waals surface area contributed by atoms with Crippen LogP contribution in [-0.4, -0.2) is 23.3 Å². The van der Waals surface area contributed by atoms with E-state index in [0.29, 0.717) is 0 Å². The Balaban J connectivity index is 1.98. The summed E-state index contributed by atoms with van der Waals surface area (Å²) in [6.45, 7) is -0.480. The third-order valence-electron chi connectivity index (χ3n) is 3.14. The summed E-state index contributed by atoms with van der Waals surface area (Å²) in [6, 6.07) is 0. The van der Waals surface area contributed by atoms with Gasteiger partial charge in [-0.05, 0) is 38.0 Å². The van der Waals surface area contributed by atoms with Crippen molar-refractivity contribution in [3.8, 4) is 0 Å². The maximum Gasteiger partial charge on any atom is 0.332 e. The SMILES string of the molecule is O=C(CO)OC12CCC(CC1)C2. The second kappa shape index (κ2) is 2.73. The topological polar surface area (TPSA) is 46.5 Å². The summed E-state index contributed by atoms with van der Waals surface area (Å²) in [5.41, 5.74) is -0.176. The summed E-state index contributed by atoms with van der Waals surface area (Å²) in [4.78, 5) is 10.9. The highest BCUT2D eigenvalue weighted by Gasteiger charge is 2.47. The van der Waals surface area contributed by atoms with Gasteiger partial charge in [0.25, 0.3) is 0 Å². The van der Waals surface area contributed by atoms with Crippen LogP contribution in [0.2, 0.25) is 0 Å². The quantitative estimate of drug-likeness (QED) is 0.625. The molecule has 3 nitrogen and oxygen atoms in total. The molecule has 0 unspecified atom stereocenters. The molecule has 0 heterocycles. The zero-order valence-electron chi connectivity index (χ0n) is 7.08. The second-order valence-corrected chi connectivity index (χ2v) is 3.96. The van der Waals surface area contributed by atoms with Crippen molar-refractivity contribution < 1.29 is 14.6 Å². The summed E-state index contributed by atoms with van der Waals surface area (Å²) in [5.74, 6) is 0.314. The van der Waals surface area contributed by atoms with Crippen LogP contribution in [0.3, 0.4) is 0 Å². The van der Waals surface area contributed by atoms with Crippen molar-refractivity contribution in [2.24, 2.45) is 5.92 Å². The van der Waals surface area contributed by atoms with Crippen LogP contribution >= 0.6 is 0 Å². The van der Waals surface area contributed by atoms with Crippen LogP contribution in [-0.2, 0) is 9.53 Å². The molecule has 0 aromatic heterocycles. The third kappa shape index (κ3) is 1.22. The molecule has 0 saturated heterocycles. The molecule has 68 valence electrons. The molecule has 2 rings (SSSR count). The van der Waals surface area contributed by atoms with Gasteiger partial charge in [0.05, 0.1) is 0 Å². The fraction of sp³-hybridized carbons (Fsp3) is 0.889. The van der Waals surface area contributed by atoms with Crippen molar-refractivity contribution in [1.82, 2.24) is 0 Å². The van der Waals surface area contributed by atoms with E-state index in [1.54, 1.807) is 0 Å². The van der Waals surface area contributed by atoms with Crippen molar-refractivity contribution >= 4 is 5.97 Å².